The molecule has 5 heteroatoms. The molecular weight excluding hydrogens is 661 g/mol. The molecule has 1 radical (unpaired) electrons. The van der Waals surface area contributed by atoms with E-state index in [1.165, 1.54) is 28.0 Å². The maximum Gasteiger partial charge on any atom is 0.215 e. The van der Waals surface area contributed by atoms with E-state index in [-0.39, 0.29) is 43.5 Å². The van der Waals surface area contributed by atoms with Gasteiger partial charge in [-0.15, -0.1) is 34.9 Å². The van der Waals surface area contributed by atoms with Gasteiger partial charge < -0.3 is 14.9 Å². The first kappa shape index (κ1) is 34.2. The summed E-state index contributed by atoms with van der Waals surface area (Å²) in [6.07, 6.45) is 6.26. The van der Waals surface area contributed by atoms with Crippen LogP contribution in [0.25, 0.3) is 26.9 Å². The van der Waals surface area contributed by atoms with Gasteiger partial charge in [0.2, 0.25) is 6.54 Å². The van der Waals surface area contributed by atoms with Crippen LogP contribution in [0.15, 0.2) is 54.4 Å². The molecule has 0 aliphatic heterocycles. The Hall–Kier alpha value is -2.80. The Kier molecular flexibility index (Phi) is 14.9. The summed E-state index contributed by atoms with van der Waals surface area (Å²) in [7, 11) is 0. The number of carbonyl (C=O) groups is 1. The number of aromatic nitrogens is 1. The second-order valence-corrected chi connectivity index (χ2v) is 10.3. The van der Waals surface area contributed by atoms with E-state index in [1.54, 1.807) is 0 Å². The van der Waals surface area contributed by atoms with Crippen molar-refractivity contribution < 1.29 is 30.0 Å². The van der Waals surface area contributed by atoms with Crippen molar-refractivity contribution in [2.45, 2.75) is 80.1 Å². The number of aryl methyl sites for hydroxylation is 2. The molecule has 0 fully saturated rings. The fourth-order valence-corrected chi connectivity index (χ4v) is 4.65. The van der Waals surface area contributed by atoms with Gasteiger partial charge in [-0.2, -0.15) is 0 Å². The van der Waals surface area contributed by atoms with Crippen LogP contribution in [-0.2, 0) is 24.9 Å². The van der Waals surface area contributed by atoms with Crippen molar-refractivity contribution >= 4 is 16.6 Å². The molecule has 211 valence electrons. The molecule has 3 aromatic rings. The monoisotopic (exact) mass is 704 g/mol. The molecule has 39 heavy (non-hydrogen) atoms. The summed E-state index contributed by atoms with van der Waals surface area (Å²) in [4.78, 5) is 19.8. The number of hydrogen-bond donors (Lipinski definition) is 1. The zero-order valence-electron chi connectivity index (χ0n) is 24.5. The average molecular weight is 704 g/mol. The summed E-state index contributed by atoms with van der Waals surface area (Å²) in [6.45, 7) is 21.7. The van der Waals surface area contributed by atoms with Crippen LogP contribution >= 0.6 is 0 Å². The Labute approximate surface area is 249 Å². The first-order valence-corrected chi connectivity index (χ1v) is 13.8. The van der Waals surface area contributed by atoms with Crippen molar-refractivity contribution in [3.63, 3.8) is 0 Å². The predicted molar refractivity (Wildman–Crippen MR) is 159 cm³/mol. The van der Waals surface area contributed by atoms with Gasteiger partial charge >= 0.3 is 0 Å². The van der Waals surface area contributed by atoms with Crippen LogP contribution in [0.3, 0.4) is 0 Å². The summed E-state index contributed by atoms with van der Waals surface area (Å²) in [5, 5.41) is 12.3. The van der Waals surface area contributed by atoms with Crippen molar-refractivity contribution in [2.24, 2.45) is 11.8 Å². The van der Waals surface area contributed by atoms with Crippen LogP contribution in [-0.4, -0.2) is 22.4 Å². The Balaban J connectivity index is 0.000000391. The van der Waals surface area contributed by atoms with Crippen LogP contribution in [0.2, 0.25) is 0 Å². The molecular formula is C34H43IrN2O2-. The van der Waals surface area contributed by atoms with Crippen molar-refractivity contribution in [1.82, 2.24) is 4.98 Å². The van der Waals surface area contributed by atoms with Gasteiger partial charge in [-0.3, -0.25) is 4.79 Å². The smallest absolute Gasteiger partial charge is 0.215 e. The number of aliphatic hydroxyl groups excluding tert-OH is 1. The van der Waals surface area contributed by atoms with E-state index >= 15 is 0 Å². The number of allylic oxidation sites excluding steroid dienone is 2. The van der Waals surface area contributed by atoms with Crippen LogP contribution in [0.1, 0.15) is 82.9 Å². The number of ketones is 1. The molecule has 4 nitrogen and oxygen atoms in total. The minimum Gasteiger partial charge on any atom is -0.512 e. The molecule has 0 spiro atoms. The number of rotatable bonds is 10. The number of aliphatic hydroxyl groups is 1. The second-order valence-electron chi connectivity index (χ2n) is 10.3. The third kappa shape index (κ3) is 10.0. The van der Waals surface area contributed by atoms with E-state index < -0.39 is 0 Å². The van der Waals surface area contributed by atoms with Crippen molar-refractivity contribution in [3.05, 3.63) is 88.6 Å². The van der Waals surface area contributed by atoms with Gasteiger partial charge in [0.25, 0.3) is 0 Å². The molecule has 1 unspecified atom stereocenters. The SMILES string of the molecule is Cc1[c-]c(-c2nccc3cc(C(C)C)ccc23)cc(C)c1.[C-]#[N+]CCC(CC)C(=O)/C=C(\O)C(CC)CC.[Ir]. The molecule has 0 bridgehead atoms. The van der Waals surface area contributed by atoms with E-state index in [2.05, 4.69) is 80.0 Å². The van der Waals surface area contributed by atoms with Crippen LogP contribution in [0.4, 0.5) is 0 Å². The predicted octanol–water partition coefficient (Wildman–Crippen LogP) is 9.21. The van der Waals surface area contributed by atoms with E-state index in [4.69, 9.17) is 6.57 Å². The molecule has 1 atom stereocenters. The third-order valence-corrected chi connectivity index (χ3v) is 7.04. The topological polar surface area (TPSA) is 54.5 Å². The fraction of sp³-hybridized carbons (Fsp3) is 0.441. The molecule has 1 heterocycles. The largest absolute Gasteiger partial charge is 0.512 e. The van der Waals surface area contributed by atoms with Crippen LogP contribution < -0.4 is 0 Å². The maximum atomic E-state index is 11.9. The molecule has 0 saturated carbocycles. The minimum absolute atomic E-state index is 0. The number of carbonyl (C=O) groups excluding carboxylic acids is 1. The number of hydrogen-bond acceptors (Lipinski definition) is 3. The standard InChI is InChI=1S/C20H20N.C14H23NO2.Ir/c1-13(2)16-5-6-19-17(12-16)7-8-21-20(19)18-10-14(3)9-15(4)11-18;1-5-11(6-2)13(16)10-14(17)12(7-3)8-9-15-4;/h5-10,12-13H,1-4H3;10-12,16H,5-9H2,1-3H3;/q-1;;/b;13-10-;. The minimum atomic E-state index is -0.124. The zero-order chi connectivity index (χ0) is 28.2. The zero-order valence-corrected chi connectivity index (χ0v) is 26.9. The first-order valence-electron chi connectivity index (χ1n) is 13.8. The Morgan fingerprint density at radius 1 is 1.05 bits per heavy atom. The van der Waals surface area contributed by atoms with E-state index in [0.29, 0.717) is 18.9 Å². The summed E-state index contributed by atoms with van der Waals surface area (Å²) in [6, 6.07) is 16.5. The van der Waals surface area contributed by atoms with Crippen LogP contribution in [0.5, 0.6) is 0 Å². The van der Waals surface area contributed by atoms with E-state index in [9.17, 15) is 9.90 Å². The van der Waals surface area contributed by atoms with Crippen LogP contribution in [0, 0.1) is 38.3 Å². The number of fused-ring (bicyclic) bond motifs is 1. The van der Waals surface area contributed by atoms with E-state index in [1.807, 2.05) is 27.0 Å². The van der Waals surface area contributed by atoms with Gasteiger partial charge in [-0.1, -0.05) is 66.7 Å². The van der Waals surface area contributed by atoms with Crippen molar-refractivity contribution in [1.29, 1.82) is 0 Å². The van der Waals surface area contributed by atoms with Gasteiger partial charge in [0, 0.05) is 50.6 Å². The first-order chi connectivity index (χ1) is 18.1. The molecule has 1 N–H and O–H groups in total. The van der Waals surface area contributed by atoms with Crippen molar-refractivity contribution in [3.8, 4) is 11.3 Å². The summed E-state index contributed by atoms with van der Waals surface area (Å²) >= 11 is 0. The Morgan fingerprint density at radius 2 is 1.72 bits per heavy atom. The Morgan fingerprint density at radius 3 is 2.28 bits per heavy atom. The molecule has 1 aromatic heterocycles. The normalized spacial score (nSPS) is 11.9. The average Bonchev–Trinajstić information content (AvgIpc) is 2.89. The molecule has 0 saturated heterocycles. The molecule has 0 aliphatic rings. The molecule has 3 rings (SSSR count). The summed E-state index contributed by atoms with van der Waals surface area (Å²) in [5.74, 6) is 0.651. The Bertz CT molecular complexity index is 1270. The quantitative estimate of drug-likeness (QED) is 0.130. The van der Waals surface area contributed by atoms with Gasteiger partial charge in [-0.25, -0.2) is 6.57 Å². The maximum absolute atomic E-state index is 11.9. The summed E-state index contributed by atoms with van der Waals surface area (Å²) < 4.78 is 0. The van der Waals surface area contributed by atoms with E-state index in [0.717, 1.165) is 36.1 Å². The number of benzene rings is 2. The fourth-order valence-electron chi connectivity index (χ4n) is 4.65. The van der Waals surface area contributed by atoms with Crippen molar-refractivity contribution in [2.75, 3.05) is 6.54 Å². The van der Waals surface area contributed by atoms with Gasteiger partial charge in [0.15, 0.2) is 5.78 Å². The number of nitrogens with zero attached hydrogens (tertiary/aromatic N) is 2. The van der Waals surface area contributed by atoms with Gasteiger partial charge in [0.05, 0.1) is 5.76 Å². The third-order valence-electron chi connectivity index (χ3n) is 7.04. The van der Waals surface area contributed by atoms with Gasteiger partial charge in [0.1, 0.15) is 0 Å². The second kappa shape index (κ2) is 17.0. The molecule has 2 aromatic carbocycles. The number of pyridine rings is 1. The summed E-state index contributed by atoms with van der Waals surface area (Å²) in [5.41, 5.74) is 5.87. The molecule has 0 aliphatic carbocycles. The van der Waals surface area contributed by atoms with Gasteiger partial charge in [-0.05, 0) is 53.3 Å². The molecule has 0 amide bonds.